The lowest BCUT2D eigenvalue weighted by molar-refractivity contribution is -0.128. The molecular formula is C26H19Br2N3O3. The van der Waals surface area contributed by atoms with Crippen molar-refractivity contribution in [3.63, 3.8) is 0 Å². The van der Waals surface area contributed by atoms with E-state index in [0.29, 0.717) is 33.2 Å². The molecule has 0 aliphatic heterocycles. The molecule has 0 aliphatic rings. The minimum Gasteiger partial charge on any atom is -0.421 e. The molecule has 4 aromatic rings. The first-order valence-corrected chi connectivity index (χ1v) is 12.0. The largest absolute Gasteiger partial charge is 0.421 e. The monoisotopic (exact) mass is 579 g/mol. The van der Waals surface area contributed by atoms with E-state index in [2.05, 4.69) is 41.9 Å². The van der Waals surface area contributed by atoms with E-state index in [9.17, 15) is 9.59 Å². The molecule has 0 atom stereocenters. The molecule has 1 aromatic heterocycles. The molecule has 1 heterocycles. The molecule has 0 fully saturated rings. The minimum atomic E-state index is -0.541. The van der Waals surface area contributed by atoms with Crippen LogP contribution in [0.25, 0.3) is 17.0 Å². The number of carbonyl (C=O) groups excluding carboxylic acids is 1. The molecule has 0 aliphatic carbocycles. The van der Waals surface area contributed by atoms with E-state index in [-0.39, 0.29) is 11.3 Å². The van der Waals surface area contributed by atoms with Crippen molar-refractivity contribution in [1.29, 1.82) is 0 Å². The molecule has 4 rings (SSSR count). The second-order valence-corrected chi connectivity index (χ2v) is 9.00. The van der Waals surface area contributed by atoms with Gasteiger partial charge in [-0.1, -0.05) is 65.3 Å². The molecule has 0 radical (unpaired) electrons. The van der Waals surface area contributed by atoms with Crippen molar-refractivity contribution in [3.05, 3.63) is 109 Å². The Hall–Kier alpha value is -3.36. The quantitative estimate of drug-likeness (QED) is 0.122. The Labute approximate surface area is 212 Å². The zero-order chi connectivity index (χ0) is 24.1. The highest BCUT2D eigenvalue weighted by Crippen LogP contribution is 2.32. The molecule has 0 unspecified atom stereocenters. The molecule has 0 bridgehead atoms. The third kappa shape index (κ3) is 5.40. The first-order valence-electron chi connectivity index (χ1n) is 10.4. The van der Waals surface area contributed by atoms with E-state index in [1.807, 2.05) is 43.3 Å². The molecule has 0 saturated heterocycles. The summed E-state index contributed by atoms with van der Waals surface area (Å²) in [7, 11) is 0. The average molecular weight is 581 g/mol. The van der Waals surface area contributed by atoms with Gasteiger partial charge in [-0.15, -0.1) is 0 Å². The predicted octanol–water partition coefficient (Wildman–Crippen LogP) is 5.98. The third-order valence-electron chi connectivity index (χ3n) is 4.90. The summed E-state index contributed by atoms with van der Waals surface area (Å²) in [5.41, 5.74) is 1.74. The summed E-state index contributed by atoms with van der Waals surface area (Å²) in [5, 5.41) is 4.88. The van der Waals surface area contributed by atoms with Crippen LogP contribution in [0.15, 0.2) is 91.6 Å². The summed E-state index contributed by atoms with van der Waals surface area (Å²) in [4.78, 5) is 30.1. The number of para-hydroxylation sites is 1. The van der Waals surface area contributed by atoms with Crippen LogP contribution in [0.3, 0.4) is 0 Å². The topological polar surface area (TPSA) is 73.6 Å². The lowest BCUT2D eigenvalue weighted by atomic mass is 10.2. The number of esters is 1. The Balaban J connectivity index is 1.69. The Morgan fingerprint density at radius 2 is 1.82 bits per heavy atom. The van der Waals surface area contributed by atoms with Crippen molar-refractivity contribution in [3.8, 4) is 5.75 Å². The van der Waals surface area contributed by atoms with E-state index in [1.165, 1.54) is 17.0 Å². The van der Waals surface area contributed by atoms with Gasteiger partial charge < -0.3 is 4.74 Å². The standard InChI is InChI=1S/C26H19Br2N3O3/c1-2-23-30-22-11-7-6-10-20(22)26(33)31(23)29-16-18-14-19(27)15-21(28)25(18)34-24(32)13-12-17-8-4-3-5-9-17/h3-16H,2H2,1H3/b13-12+,29-16?. The number of aromatic nitrogens is 2. The number of halogens is 2. The zero-order valence-electron chi connectivity index (χ0n) is 18.1. The average Bonchev–Trinajstić information content (AvgIpc) is 2.84. The van der Waals surface area contributed by atoms with Gasteiger partial charge in [-0.3, -0.25) is 4.79 Å². The highest BCUT2D eigenvalue weighted by atomic mass is 79.9. The van der Waals surface area contributed by atoms with Crippen molar-refractivity contribution >= 4 is 61.0 Å². The lowest BCUT2D eigenvalue weighted by Crippen LogP contribution is -2.22. The smallest absolute Gasteiger partial charge is 0.336 e. The number of fused-ring (bicyclic) bond motifs is 1. The lowest BCUT2D eigenvalue weighted by Gasteiger charge is -2.10. The van der Waals surface area contributed by atoms with Gasteiger partial charge in [0, 0.05) is 22.5 Å². The first-order chi connectivity index (χ1) is 16.5. The predicted molar refractivity (Wildman–Crippen MR) is 141 cm³/mol. The number of hydrogen-bond donors (Lipinski definition) is 0. The Morgan fingerprint density at radius 1 is 1.09 bits per heavy atom. The maximum atomic E-state index is 13.0. The van der Waals surface area contributed by atoms with Gasteiger partial charge in [-0.05, 0) is 51.8 Å². The van der Waals surface area contributed by atoms with Crippen LogP contribution in [0.2, 0.25) is 0 Å². The summed E-state index contributed by atoms with van der Waals surface area (Å²) >= 11 is 6.90. The summed E-state index contributed by atoms with van der Waals surface area (Å²) < 4.78 is 8.20. The Bertz CT molecular complexity index is 1480. The molecule has 0 spiro atoms. The van der Waals surface area contributed by atoms with Crippen LogP contribution in [-0.2, 0) is 11.2 Å². The van der Waals surface area contributed by atoms with Crippen LogP contribution in [0.4, 0.5) is 0 Å². The van der Waals surface area contributed by atoms with Crippen molar-refractivity contribution < 1.29 is 9.53 Å². The second-order valence-electron chi connectivity index (χ2n) is 7.23. The molecule has 34 heavy (non-hydrogen) atoms. The number of ether oxygens (including phenoxy) is 1. The maximum absolute atomic E-state index is 13.0. The fourth-order valence-electron chi connectivity index (χ4n) is 3.28. The van der Waals surface area contributed by atoms with Crippen LogP contribution in [-0.4, -0.2) is 21.8 Å². The van der Waals surface area contributed by atoms with Crippen LogP contribution < -0.4 is 10.3 Å². The molecular weight excluding hydrogens is 562 g/mol. The van der Waals surface area contributed by atoms with Crippen LogP contribution >= 0.6 is 31.9 Å². The van der Waals surface area contributed by atoms with E-state index >= 15 is 0 Å². The van der Waals surface area contributed by atoms with Crippen LogP contribution in [0, 0.1) is 0 Å². The van der Waals surface area contributed by atoms with Gasteiger partial charge in [0.05, 0.1) is 21.6 Å². The normalized spacial score (nSPS) is 11.5. The number of benzene rings is 3. The van der Waals surface area contributed by atoms with Gasteiger partial charge in [-0.2, -0.15) is 9.78 Å². The van der Waals surface area contributed by atoms with Crippen molar-refractivity contribution in [2.75, 3.05) is 0 Å². The van der Waals surface area contributed by atoms with E-state index < -0.39 is 5.97 Å². The fourth-order valence-corrected chi connectivity index (χ4v) is 4.62. The molecule has 0 amide bonds. The summed E-state index contributed by atoms with van der Waals surface area (Å²) in [5.74, 6) is 0.271. The van der Waals surface area contributed by atoms with Gasteiger partial charge in [0.25, 0.3) is 5.56 Å². The van der Waals surface area contributed by atoms with Crippen LogP contribution in [0.5, 0.6) is 5.75 Å². The number of carbonyl (C=O) groups is 1. The Morgan fingerprint density at radius 3 is 2.59 bits per heavy atom. The highest BCUT2D eigenvalue weighted by Gasteiger charge is 2.14. The molecule has 3 aromatic carbocycles. The molecule has 0 N–H and O–H groups in total. The van der Waals surface area contributed by atoms with Gasteiger partial charge >= 0.3 is 5.97 Å². The SMILES string of the molecule is CCc1nc2ccccc2c(=O)n1N=Cc1cc(Br)cc(Br)c1OC(=O)/C=C/c1ccccc1. The van der Waals surface area contributed by atoms with E-state index in [0.717, 1.165) is 10.0 Å². The third-order valence-corrected chi connectivity index (χ3v) is 5.95. The molecule has 0 saturated carbocycles. The van der Waals surface area contributed by atoms with Gasteiger partial charge in [0.1, 0.15) is 5.82 Å². The minimum absolute atomic E-state index is 0.267. The van der Waals surface area contributed by atoms with Gasteiger partial charge in [-0.25, -0.2) is 9.78 Å². The van der Waals surface area contributed by atoms with Crippen molar-refractivity contribution in [2.24, 2.45) is 5.10 Å². The molecule has 6 nitrogen and oxygen atoms in total. The molecule has 170 valence electrons. The van der Waals surface area contributed by atoms with Gasteiger partial charge in [0.15, 0.2) is 5.75 Å². The van der Waals surface area contributed by atoms with Crippen LogP contribution in [0.1, 0.15) is 23.9 Å². The summed E-state index contributed by atoms with van der Waals surface area (Å²) in [6, 6.07) is 20.1. The van der Waals surface area contributed by atoms with E-state index in [1.54, 1.807) is 36.4 Å². The van der Waals surface area contributed by atoms with Crippen molar-refractivity contribution in [2.45, 2.75) is 13.3 Å². The number of hydrogen-bond acceptors (Lipinski definition) is 5. The molecule has 8 heteroatoms. The fraction of sp³-hybridized carbons (Fsp3) is 0.0769. The first kappa shape index (κ1) is 23.8. The zero-order valence-corrected chi connectivity index (χ0v) is 21.3. The van der Waals surface area contributed by atoms with E-state index in [4.69, 9.17) is 4.74 Å². The number of aryl methyl sites for hydroxylation is 1. The summed E-state index contributed by atoms with van der Waals surface area (Å²) in [6.45, 7) is 1.91. The number of rotatable bonds is 6. The Kier molecular flexibility index (Phi) is 7.49. The summed E-state index contributed by atoms with van der Waals surface area (Å²) in [6.07, 6.45) is 5.04. The highest BCUT2D eigenvalue weighted by molar-refractivity contribution is 9.11. The van der Waals surface area contributed by atoms with Gasteiger partial charge in [0.2, 0.25) is 0 Å². The van der Waals surface area contributed by atoms with Crippen molar-refractivity contribution in [1.82, 2.24) is 9.66 Å². The second kappa shape index (κ2) is 10.7. The maximum Gasteiger partial charge on any atom is 0.336 e. The number of nitrogens with zero attached hydrogens (tertiary/aromatic N) is 3.